The zero-order valence-electron chi connectivity index (χ0n) is 36.4. The number of likely N-dealkylation sites (tertiary alicyclic amines) is 2. The molecule has 0 unspecified atom stereocenters. The first-order valence-electron chi connectivity index (χ1n) is 21.9. The Kier molecular flexibility index (Phi) is 25.8. The average Bonchev–Trinajstić information content (AvgIpc) is 3.78. The van der Waals surface area contributed by atoms with Crippen molar-refractivity contribution in [2.75, 3.05) is 65.7 Å². The Hall–Kier alpha value is -1.20. The van der Waals surface area contributed by atoms with E-state index in [1.54, 1.807) is 0 Å². The van der Waals surface area contributed by atoms with Crippen LogP contribution in [-0.4, -0.2) is 115 Å². The van der Waals surface area contributed by atoms with E-state index >= 15 is 0 Å². The molecular formula is C48H77BrMgN2O5. The first kappa shape index (κ1) is 51.9. The SMILES string of the molecule is C1CCOC1.C[C@H]1CCCN(CCCOc2ccc(C3CCC(=O)CC3)cc2)C1.C[C@H]1CCCN(CCCOc2ccc(C3CCC(C)(O)CC3)cc2)C1.[Br-].[CH3-].[Mg+2]. The van der Waals surface area contributed by atoms with Gasteiger partial charge < -0.3 is 53.5 Å². The minimum Gasteiger partial charge on any atom is -1.00 e. The third kappa shape index (κ3) is 19.8. The van der Waals surface area contributed by atoms with Gasteiger partial charge in [-0.3, -0.25) is 4.79 Å². The number of carbonyl (C=O) groups is 1. The van der Waals surface area contributed by atoms with Gasteiger partial charge in [0.15, 0.2) is 0 Å². The van der Waals surface area contributed by atoms with Gasteiger partial charge in [-0.05, 0) is 169 Å². The van der Waals surface area contributed by atoms with Crippen LogP contribution in [0.2, 0.25) is 0 Å². The summed E-state index contributed by atoms with van der Waals surface area (Å²) in [5, 5.41) is 10.1. The molecule has 3 aliphatic heterocycles. The van der Waals surface area contributed by atoms with Crippen molar-refractivity contribution < 1.29 is 41.1 Å². The maximum absolute atomic E-state index is 11.3. The number of ether oxygens (including phenoxy) is 3. The minimum absolute atomic E-state index is 0. The van der Waals surface area contributed by atoms with Gasteiger partial charge in [-0.2, -0.15) is 0 Å². The van der Waals surface area contributed by atoms with Crippen LogP contribution >= 0.6 is 0 Å². The van der Waals surface area contributed by atoms with Gasteiger partial charge in [0.2, 0.25) is 0 Å². The Balaban J connectivity index is 0.000000334. The van der Waals surface area contributed by atoms with Gasteiger partial charge in [-0.1, -0.05) is 38.1 Å². The van der Waals surface area contributed by atoms with E-state index in [2.05, 4.69) is 72.2 Å². The quantitative estimate of drug-likeness (QED) is 0.142. The van der Waals surface area contributed by atoms with Gasteiger partial charge in [0, 0.05) is 52.2 Å². The van der Waals surface area contributed by atoms with Crippen LogP contribution in [0.1, 0.15) is 146 Å². The molecule has 2 aromatic carbocycles. The molecule has 0 amide bonds. The van der Waals surface area contributed by atoms with Gasteiger partial charge in [-0.15, -0.1) is 0 Å². The van der Waals surface area contributed by atoms with Gasteiger partial charge in [0.25, 0.3) is 0 Å². The van der Waals surface area contributed by atoms with Crippen LogP contribution in [0.5, 0.6) is 11.5 Å². The van der Waals surface area contributed by atoms with Crippen LogP contribution in [0.25, 0.3) is 0 Å². The molecule has 2 aliphatic carbocycles. The largest absolute Gasteiger partial charge is 2.00 e. The van der Waals surface area contributed by atoms with Crippen LogP contribution in [0.3, 0.4) is 0 Å². The second-order valence-electron chi connectivity index (χ2n) is 17.5. The number of aliphatic hydroxyl groups is 1. The van der Waals surface area contributed by atoms with E-state index in [1.165, 1.54) is 75.8 Å². The normalized spacial score (nSPS) is 25.5. The first-order chi connectivity index (χ1) is 26.2. The molecule has 0 radical (unpaired) electrons. The zero-order valence-corrected chi connectivity index (χ0v) is 39.4. The van der Waals surface area contributed by atoms with Crippen LogP contribution in [0.4, 0.5) is 0 Å². The molecule has 7 nitrogen and oxygen atoms in total. The molecule has 7 rings (SSSR count). The Bertz CT molecular complexity index is 1310. The topological polar surface area (TPSA) is 71.5 Å². The molecule has 0 aromatic heterocycles. The van der Waals surface area contributed by atoms with E-state index < -0.39 is 5.60 Å². The van der Waals surface area contributed by atoms with Crippen molar-refractivity contribution in [1.29, 1.82) is 0 Å². The number of ketones is 1. The molecular weight excluding hydrogens is 789 g/mol. The number of carbonyl (C=O) groups excluding carboxylic acids is 1. The summed E-state index contributed by atoms with van der Waals surface area (Å²) in [6.45, 7) is 17.6. The fourth-order valence-corrected chi connectivity index (χ4v) is 8.96. The number of nitrogens with zero attached hydrogens (tertiary/aromatic N) is 2. The second-order valence-corrected chi connectivity index (χ2v) is 17.5. The van der Waals surface area contributed by atoms with Crippen LogP contribution < -0.4 is 26.5 Å². The molecule has 3 heterocycles. The molecule has 5 aliphatic rings. The molecule has 2 aromatic rings. The van der Waals surface area contributed by atoms with Crippen molar-refractivity contribution >= 4 is 28.8 Å². The third-order valence-corrected chi connectivity index (χ3v) is 12.4. The molecule has 2 atom stereocenters. The summed E-state index contributed by atoms with van der Waals surface area (Å²) in [4.78, 5) is 16.5. The fraction of sp³-hybridized carbons (Fsp3) is 0.708. The molecule has 5 fully saturated rings. The fourth-order valence-electron chi connectivity index (χ4n) is 8.96. The Morgan fingerprint density at radius 1 is 0.684 bits per heavy atom. The van der Waals surface area contributed by atoms with Gasteiger partial charge >= 0.3 is 23.1 Å². The van der Waals surface area contributed by atoms with E-state index in [1.807, 2.05) is 6.92 Å². The van der Waals surface area contributed by atoms with Crippen LogP contribution in [-0.2, 0) is 9.53 Å². The summed E-state index contributed by atoms with van der Waals surface area (Å²) in [5.41, 5.74) is 2.30. The van der Waals surface area contributed by atoms with Crippen LogP contribution in [0, 0.1) is 19.3 Å². The molecule has 57 heavy (non-hydrogen) atoms. The van der Waals surface area contributed by atoms with Crippen molar-refractivity contribution in [3.8, 4) is 11.5 Å². The Labute approximate surface area is 374 Å². The summed E-state index contributed by atoms with van der Waals surface area (Å²) < 4.78 is 16.8. The van der Waals surface area contributed by atoms with Crippen molar-refractivity contribution in [3.63, 3.8) is 0 Å². The summed E-state index contributed by atoms with van der Waals surface area (Å²) in [6.07, 6.45) is 17.7. The second kappa shape index (κ2) is 28.3. The summed E-state index contributed by atoms with van der Waals surface area (Å²) in [7, 11) is 0. The summed E-state index contributed by atoms with van der Waals surface area (Å²) in [5.74, 6) is 5.23. The predicted molar refractivity (Wildman–Crippen MR) is 233 cm³/mol. The van der Waals surface area contributed by atoms with E-state index in [0.717, 1.165) is 127 Å². The molecule has 1 N–H and O–H groups in total. The van der Waals surface area contributed by atoms with Crippen molar-refractivity contribution in [2.24, 2.45) is 11.8 Å². The Morgan fingerprint density at radius 3 is 1.49 bits per heavy atom. The number of rotatable bonds is 12. The van der Waals surface area contributed by atoms with E-state index in [9.17, 15) is 9.90 Å². The number of Topliss-reactive ketones (excluding diaryl/α,β-unsaturated/α-hetero) is 1. The molecule has 0 bridgehead atoms. The molecule has 0 spiro atoms. The van der Waals surface area contributed by atoms with Gasteiger partial charge in [0.05, 0.1) is 18.8 Å². The molecule has 9 heteroatoms. The van der Waals surface area contributed by atoms with Crippen molar-refractivity contribution in [1.82, 2.24) is 9.80 Å². The monoisotopic (exact) mass is 864 g/mol. The number of hydrogen-bond acceptors (Lipinski definition) is 7. The van der Waals surface area contributed by atoms with Gasteiger partial charge in [-0.25, -0.2) is 0 Å². The standard InChI is InChI=1S/C22H35NO2.C21H31NO2.C4H8O.CH3.BrH.Mg/c1-18-5-3-14-23(17-18)15-4-16-25-21-8-6-19(7-9-21)20-10-12-22(2,24)13-11-20;1-17-4-2-13-22(16-17)14-3-15-24-21-11-7-19(8-12-21)18-5-9-20(23)10-6-18;1-2-4-5-3-1;;;/h6-9,18,20,24H,3-5,10-17H2,1-2H3;7-8,11-12,17-18H,2-6,9-10,13-16H2,1H3;1-4H2;1H3;1H;/q;;;-1;;+2/p-1/t18-,20?,22?;17-;;;;/m00..../s1. The van der Waals surface area contributed by atoms with Gasteiger partial charge in [0.1, 0.15) is 17.3 Å². The van der Waals surface area contributed by atoms with Crippen molar-refractivity contribution in [3.05, 3.63) is 67.1 Å². The third-order valence-electron chi connectivity index (χ3n) is 12.4. The van der Waals surface area contributed by atoms with Crippen LogP contribution in [0.15, 0.2) is 48.5 Å². The smallest absolute Gasteiger partial charge is 1.00 e. The van der Waals surface area contributed by atoms with E-state index in [-0.39, 0.29) is 47.5 Å². The predicted octanol–water partition coefficient (Wildman–Crippen LogP) is 6.88. The maximum Gasteiger partial charge on any atom is 2.00 e. The Morgan fingerprint density at radius 2 is 1.11 bits per heavy atom. The maximum atomic E-state index is 11.3. The molecule has 2 saturated carbocycles. The molecule has 318 valence electrons. The number of halogens is 1. The number of hydrogen-bond donors (Lipinski definition) is 1. The first-order valence-corrected chi connectivity index (χ1v) is 21.9. The minimum atomic E-state index is -0.453. The molecule has 3 saturated heterocycles. The zero-order chi connectivity index (χ0) is 38.0. The van der Waals surface area contributed by atoms with E-state index in [4.69, 9.17) is 14.2 Å². The number of benzene rings is 2. The summed E-state index contributed by atoms with van der Waals surface area (Å²) in [6, 6.07) is 17.2. The summed E-state index contributed by atoms with van der Waals surface area (Å²) >= 11 is 0. The van der Waals surface area contributed by atoms with E-state index in [0.29, 0.717) is 17.6 Å². The number of piperidine rings is 2. The average molecular weight is 866 g/mol. The van der Waals surface area contributed by atoms with Crippen molar-refractivity contribution in [2.45, 2.75) is 141 Å².